The van der Waals surface area contributed by atoms with Crippen LogP contribution < -0.4 is 0 Å². The summed E-state index contributed by atoms with van der Waals surface area (Å²) in [5, 5.41) is 9.41. The molecular weight excluding hydrogens is 264 g/mol. The maximum atomic E-state index is 10.8. The minimum Gasteiger partial charge on any atom is -0.298 e. The maximum Gasteiger partial charge on any atom is 0.179 e. The highest BCUT2D eigenvalue weighted by Gasteiger charge is 2.08. The average molecular weight is 271 g/mol. The first-order valence-corrected chi connectivity index (χ1v) is 6.43. The molecule has 16 heavy (non-hydrogen) atoms. The molecule has 0 fully saturated rings. The van der Waals surface area contributed by atoms with E-state index in [9.17, 15) is 4.79 Å². The van der Waals surface area contributed by atoms with Crippen LogP contribution in [0.15, 0.2) is 27.4 Å². The zero-order chi connectivity index (χ0) is 11.5. The summed E-state index contributed by atoms with van der Waals surface area (Å²) >= 11 is 8.78. The van der Waals surface area contributed by atoms with Crippen LogP contribution in [0.1, 0.15) is 15.4 Å². The lowest BCUT2D eigenvalue weighted by Crippen LogP contribution is -1.84. The van der Waals surface area contributed by atoms with Crippen molar-refractivity contribution < 1.29 is 4.79 Å². The minimum atomic E-state index is 0.606. The molecule has 0 spiro atoms. The van der Waals surface area contributed by atoms with Gasteiger partial charge in [0.15, 0.2) is 10.6 Å². The lowest BCUT2D eigenvalue weighted by Gasteiger charge is -2.01. The van der Waals surface area contributed by atoms with Gasteiger partial charge in [-0.1, -0.05) is 34.7 Å². The fraction of sp³-hybridized carbons (Fsp3) is 0.100. The maximum absolute atomic E-state index is 10.8. The normalized spacial score (nSPS) is 10.4. The van der Waals surface area contributed by atoms with Crippen LogP contribution in [0.2, 0.25) is 5.02 Å². The van der Waals surface area contributed by atoms with Crippen LogP contribution in [-0.4, -0.2) is 16.5 Å². The van der Waals surface area contributed by atoms with Crippen LogP contribution in [-0.2, 0) is 0 Å². The van der Waals surface area contributed by atoms with E-state index in [1.54, 1.807) is 18.2 Å². The molecule has 0 N–H and O–H groups in total. The van der Waals surface area contributed by atoms with Gasteiger partial charge >= 0.3 is 0 Å². The van der Waals surface area contributed by atoms with Gasteiger partial charge in [-0.25, -0.2) is 0 Å². The van der Waals surface area contributed by atoms with E-state index in [-0.39, 0.29) is 0 Å². The fourth-order valence-corrected chi connectivity index (χ4v) is 3.25. The van der Waals surface area contributed by atoms with Crippen molar-refractivity contribution in [1.82, 2.24) is 10.2 Å². The number of aldehydes is 1. The largest absolute Gasteiger partial charge is 0.298 e. The van der Waals surface area contributed by atoms with Crippen molar-refractivity contribution in [1.29, 1.82) is 0 Å². The molecule has 2 rings (SSSR count). The third kappa shape index (κ3) is 2.61. The summed E-state index contributed by atoms with van der Waals surface area (Å²) in [5.74, 6) is 0. The standard InChI is InChI=1S/C10H7ClN2OS2/c1-6-12-13-10(15-6)16-9-4-8(11)3-2-7(9)5-14/h2-5H,1H3. The van der Waals surface area contributed by atoms with Crippen LogP contribution in [0.3, 0.4) is 0 Å². The number of aryl methyl sites for hydroxylation is 1. The molecule has 0 atom stereocenters. The number of carbonyl (C=O) groups is 1. The first-order valence-electron chi connectivity index (χ1n) is 4.42. The minimum absolute atomic E-state index is 0.606. The Morgan fingerprint density at radius 2 is 2.25 bits per heavy atom. The molecule has 6 heteroatoms. The summed E-state index contributed by atoms with van der Waals surface area (Å²) in [6, 6.07) is 5.15. The van der Waals surface area contributed by atoms with Crippen molar-refractivity contribution in [2.45, 2.75) is 16.2 Å². The summed E-state index contributed by atoms with van der Waals surface area (Å²) in [5.41, 5.74) is 0.613. The predicted molar refractivity (Wildman–Crippen MR) is 65.6 cm³/mol. The highest BCUT2D eigenvalue weighted by atomic mass is 35.5. The molecule has 0 radical (unpaired) electrons. The third-order valence-electron chi connectivity index (χ3n) is 1.81. The molecule has 0 unspecified atom stereocenters. The van der Waals surface area contributed by atoms with E-state index in [1.165, 1.54) is 23.1 Å². The van der Waals surface area contributed by atoms with Gasteiger partial charge in [0.25, 0.3) is 0 Å². The van der Waals surface area contributed by atoms with Gasteiger partial charge in [0.05, 0.1) is 0 Å². The third-order valence-corrected chi connectivity index (χ3v) is 4.01. The molecular formula is C10H7ClN2OS2. The SMILES string of the molecule is Cc1nnc(Sc2cc(Cl)ccc2C=O)s1. The molecule has 82 valence electrons. The summed E-state index contributed by atoms with van der Waals surface area (Å²) < 4.78 is 0.808. The molecule has 0 bridgehead atoms. The van der Waals surface area contributed by atoms with Crippen molar-refractivity contribution in [3.8, 4) is 0 Å². The van der Waals surface area contributed by atoms with Gasteiger partial charge in [0.1, 0.15) is 5.01 Å². The van der Waals surface area contributed by atoms with E-state index in [0.717, 1.165) is 20.5 Å². The number of hydrogen-bond acceptors (Lipinski definition) is 5. The first kappa shape index (κ1) is 11.6. The Morgan fingerprint density at radius 1 is 1.44 bits per heavy atom. The van der Waals surface area contributed by atoms with Gasteiger partial charge in [0.2, 0.25) is 0 Å². The molecule has 0 aliphatic carbocycles. The molecule has 0 aliphatic rings. The summed E-state index contributed by atoms with van der Waals surface area (Å²) in [7, 11) is 0. The predicted octanol–water partition coefficient (Wildman–Crippen LogP) is 3.46. The van der Waals surface area contributed by atoms with Gasteiger partial charge in [0, 0.05) is 15.5 Å². The van der Waals surface area contributed by atoms with Crippen molar-refractivity contribution >= 4 is 41.0 Å². The first-order chi connectivity index (χ1) is 7.69. The molecule has 0 amide bonds. The molecule has 0 saturated carbocycles. The van der Waals surface area contributed by atoms with Gasteiger partial charge in [-0.15, -0.1) is 10.2 Å². The van der Waals surface area contributed by atoms with Gasteiger partial charge in [-0.3, -0.25) is 4.79 Å². The topological polar surface area (TPSA) is 42.9 Å². The summed E-state index contributed by atoms with van der Waals surface area (Å²) in [4.78, 5) is 11.6. The molecule has 1 aromatic carbocycles. The average Bonchev–Trinajstić information content (AvgIpc) is 2.64. The summed E-state index contributed by atoms with van der Waals surface area (Å²) in [6.45, 7) is 1.89. The Labute approximate surface area is 106 Å². The van der Waals surface area contributed by atoms with Crippen molar-refractivity contribution in [3.05, 3.63) is 33.8 Å². The quantitative estimate of drug-likeness (QED) is 0.801. The molecule has 2 aromatic rings. The number of aromatic nitrogens is 2. The Balaban J connectivity index is 2.32. The molecule has 3 nitrogen and oxygen atoms in total. The van der Waals surface area contributed by atoms with E-state index in [2.05, 4.69) is 10.2 Å². The second-order valence-electron chi connectivity index (χ2n) is 2.99. The fourth-order valence-electron chi connectivity index (χ4n) is 1.11. The van der Waals surface area contributed by atoms with E-state index in [1.807, 2.05) is 6.92 Å². The highest BCUT2D eigenvalue weighted by molar-refractivity contribution is 8.01. The zero-order valence-corrected chi connectivity index (χ0v) is 10.7. The number of carbonyl (C=O) groups excluding carboxylic acids is 1. The van der Waals surface area contributed by atoms with E-state index in [4.69, 9.17) is 11.6 Å². The highest BCUT2D eigenvalue weighted by Crippen LogP contribution is 2.33. The van der Waals surface area contributed by atoms with Crippen LogP contribution in [0.4, 0.5) is 0 Å². The van der Waals surface area contributed by atoms with Crippen LogP contribution in [0.25, 0.3) is 0 Å². The number of hydrogen-bond donors (Lipinski definition) is 0. The van der Waals surface area contributed by atoms with Gasteiger partial charge < -0.3 is 0 Å². The van der Waals surface area contributed by atoms with Crippen LogP contribution in [0.5, 0.6) is 0 Å². The number of benzene rings is 1. The lowest BCUT2D eigenvalue weighted by molar-refractivity contribution is 0.112. The van der Waals surface area contributed by atoms with Gasteiger partial charge in [-0.2, -0.15) is 0 Å². The van der Waals surface area contributed by atoms with E-state index in [0.29, 0.717) is 10.6 Å². The van der Waals surface area contributed by atoms with E-state index < -0.39 is 0 Å². The Bertz CT molecular complexity index is 527. The Hall–Kier alpha value is -0.910. The molecule has 0 saturated heterocycles. The molecule has 1 heterocycles. The summed E-state index contributed by atoms with van der Waals surface area (Å²) in [6.07, 6.45) is 0.812. The number of halogens is 1. The zero-order valence-electron chi connectivity index (χ0n) is 8.31. The number of nitrogens with zero attached hydrogens (tertiary/aromatic N) is 2. The van der Waals surface area contributed by atoms with Gasteiger partial charge in [-0.05, 0) is 25.1 Å². The second kappa shape index (κ2) is 4.95. The van der Waals surface area contributed by atoms with Crippen LogP contribution in [0, 0.1) is 6.92 Å². The Morgan fingerprint density at radius 3 is 2.88 bits per heavy atom. The molecule has 1 aromatic heterocycles. The molecule has 0 aliphatic heterocycles. The van der Waals surface area contributed by atoms with Crippen LogP contribution >= 0.6 is 34.7 Å². The number of rotatable bonds is 3. The van der Waals surface area contributed by atoms with Crippen molar-refractivity contribution in [2.24, 2.45) is 0 Å². The Kier molecular flexibility index (Phi) is 3.58. The smallest absolute Gasteiger partial charge is 0.179 e. The van der Waals surface area contributed by atoms with Crippen molar-refractivity contribution in [3.63, 3.8) is 0 Å². The van der Waals surface area contributed by atoms with Crippen molar-refractivity contribution in [2.75, 3.05) is 0 Å². The monoisotopic (exact) mass is 270 g/mol. The lowest BCUT2D eigenvalue weighted by atomic mass is 10.2. The second-order valence-corrected chi connectivity index (χ2v) is 5.90. The van der Waals surface area contributed by atoms with E-state index >= 15 is 0 Å².